The monoisotopic (exact) mass is 353 g/mol. The Labute approximate surface area is 154 Å². The number of likely N-dealkylation sites (tertiary alicyclic amines) is 1. The minimum absolute atomic E-state index is 0.187. The van der Waals surface area contributed by atoms with E-state index in [1.807, 2.05) is 28.2 Å². The van der Waals surface area contributed by atoms with Gasteiger partial charge in [0, 0.05) is 49.8 Å². The molecule has 0 aliphatic carbocycles. The van der Waals surface area contributed by atoms with E-state index in [2.05, 4.69) is 33.6 Å². The lowest BCUT2D eigenvalue weighted by molar-refractivity contribution is -0.133. The summed E-state index contributed by atoms with van der Waals surface area (Å²) >= 11 is 0. The third-order valence-corrected chi connectivity index (χ3v) is 5.77. The van der Waals surface area contributed by atoms with Crippen molar-refractivity contribution in [1.82, 2.24) is 25.0 Å². The van der Waals surface area contributed by atoms with Crippen LogP contribution in [-0.4, -0.2) is 51.8 Å². The predicted molar refractivity (Wildman–Crippen MR) is 99.9 cm³/mol. The molecule has 2 saturated heterocycles. The summed E-state index contributed by atoms with van der Waals surface area (Å²) in [6.07, 6.45) is 9.93. The Bertz CT molecular complexity index is 715. The minimum atomic E-state index is 0.187. The van der Waals surface area contributed by atoms with Crippen LogP contribution in [-0.2, 0) is 11.3 Å². The summed E-state index contributed by atoms with van der Waals surface area (Å²) < 4.78 is 1.91. The summed E-state index contributed by atoms with van der Waals surface area (Å²) in [4.78, 5) is 18.9. The fourth-order valence-corrected chi connectivity index (χ4v) is 4.25. The van der Waals surface area contributed by atoms with Crippen LogP contribution in [0.3, 0.4) is 0 Å². The van der Waals surface area contributed by atoms with E-state index in [4.69, 9.17) is 0 Å². The van der Waals surface area contributed by atoms with Crippen LogP contribution >= 0.6 is 0 Å². The molecular weight excluding hydrogens is 326 g/mol. The van der Waals surface area contributed by atoms with Crippen molar-refractivity contribution in [3.8, 4) is 0 Å². The molecule has 6 nitrogen and oxygen atoms in total. The molecule has 2 aromatic heterocycles. The van der Waals surface area contributed by atoms with E-state index in [9.17, 15) is 4.79 Å². The largest absolute Gasteiger partial charge is 0.341 e. The van der Waals surface area contributed by atoms with Crippen molar-refractivity contribution < 1.29 is 4.79 Å². The van der Waals surface area contributed by atoms with E-state index in [0.717, 1.165) is 39.0 Å². The molecule has 6 heteroatoms. The highest BCUT2D eigenvalue weighted by Crippen LogP contribution is 2.28. The van der Waals surface area contributed by atoms with Gasteiger partial charge in [0.1, 0.15) is 6.54 Å². The van der Waals surface area contributed by atoms with E-state index in [1.165, 1.54) is 24.1 Å². The number of nitrogens with zero attached hydrogens (tertiary/aromatic N) is 4. The molecule has 0 spiro atoms. The molecule has 1 N–H and O–H groups in total. The Morgan fingerprint density at radius 1 is 1.08 bits per heavy atom. The molecule has 0 aromatic carbocycles. The first-order chi connectivity index (χ1) is 12.8. The van der Waals surface area contributed by atoms with Gasteiger partial charge in [-0.2, -0.15) is 5.10 Å². The lowest BCUT2D eigenvalue weighted by Gasteiger charge is -2.32. The van der Waals surface area contributed by atoms with Crippen molar-refractivity contribution in [2.75, 3.05) is 26.2 Å². The van der Waals surface area contributed by atoms with Gasteiger partial charge in [-0.05, 0) is 61.9 Å². The first-order valence-electron chi connectivity index (χ1n) is 9.71. The van der Waals surface area contributed by atoms with Gasteiger partial charge in [0.15, 0.2) is 0 Å². The summed E-state index contributed by atoms with van der Waals surface area (Å²) in [5.41, 5.74) is 2.53. The fourth-order valence-electron chi connectivity index (χ4n) is 4.25. The van der Waals surface area contributed by atoms with Gasteiger partial charge in [0.2, 0.25) is 5.91 Å². The Morgan fingerprint density at radius 2 is 1.88 bits per heavy atom. The average molecular weight is 353 g/mol. The molecule has 0 radical (unpaired) electrons. The summed E-state index contributed by atoms with van der Waals surface area (Å²) in [5, 5.41) is 7.87. The fraction of sp³-hybridized carbons (Fsp3) is 0.550. The zero-order chi connectivity index (χ0) is 17.8. The van der Waals surface area contributed by atoms with Crippen molar-refractivity contribution in [3.05, 3.63) is 48.0 Å². The van der Waals surface area contributed by atoms with Crippen LogP contribution in [0.1, 0.15) is 48.8 Å². The molecule has 2 aliphatic heterocycles. The second kappa shape index (κ2) is 7.99. The Hall–Kier alpha value is -2.21. The number of pyridine rings is 1. The number of aromatic nitrogens is 3. The van der Waals surface area contributed by atoms with Gasteiger partial charge in [-0.25, -0.2) is 0 Å². The topological polar surface area (TPSA) is 63.1 Å². The predicted octanol–water partition coefficient (Wildman–Crippen LogP) is 2.15. The van der Waals surface area contributed by atoms with Gasteiger partial charge in [0.25, 0.3) is 0 Å². The Balaban J connectivity index is 1.34. The van der Waals surface area contributed by atoms with Crippen LogP contribution in [0.25, 0.3) is 0 Å². The number of carbonyl (C=O) groups excluding carboxylic acids is 1. The van der Waals surface area contributed by atoms with Gasteiger partial charge in [-0.1, -0.05) is 0 Å². The zero-order valence-corrected chi connectivity index (χ0v) is 15.2. The van der Waals surface area contributed by atoms with Crippen molar-refractivity contribution in [2.45, 2.75) is 44.1 Å². The summed E-state index contributed by atoms with van der Waals surface area (Å²) in [6.45, 7) is 4.09. The molecule has 4 rings (SSSR count). The second-order valence-corrected chi connectivity index (χ2v) is 7.39. The zero-order valence-electron chi connectivity index (χ0n) is 15.2. The molecule has 4 heterocycles. The smallest absolute Gasteiger partial charge is 0.244 e. The van der Waals surface area contributed by atoms with Crippen molar-refractivity contribution in [2.24, 2.45) is 0 Å². The number of carbonyl (C=O) groups is 1. The van der Waals surface area contributed by atoms with E-state index < -0.39 is 0 Å². The van der Waals surface area contributed by atoms with E-state index in [1.54, 1.807) is 0 Å². The van der Waals surface area contributed by atoms with Crippen LogP contribution in [0.2, 0.25) is 0 Å². The maximum absolute atomic E-state index is 12.8. The summed E-state index contributed by atoms with van der Waals surface area (Å²) in [6, 6.07) is 6.26. The molecule has 138 valence electrons. The summed E-state index contributed by atoms with van der Waals surface area (Å²) in [5.74, 6) is 1.19. The van der Waals surface area contributed by atoms with Crippen molar-refractivity contribution >= 4 is 5.91 Å². The minimum Gasteiger partial charge on any atom is -0.341 e. The van der Waals surface area contributed by atoms with Crippen LogP contribution < -0.4 is 5.32 Å². The van der Waals surface area contributed by atoms with Gasteiger partial charge < -0.3 is 10.2 Å². The summed E-state index contributed by atoms with van der Waals surface area (Å²) in [7, 11) is 0. The average Bonchev–Trinajstić information content (AvgIpc) is 3.17. The van der Waals surface area contributed by atoms with Crippen LogP contribution in [0.5, 0.6) is 0 Å². The van der Waals surface area contributed by atoms with Crippen molar-refractivity contribution in [3.63, 3.8) is 0 Å². The Kier molecular flexibility index (Phi) is 5.29. The standard InChI is InChI=1S/C20H27N5O/c26-20(15-25-19(5-11-23-25)18-2-1-8-22-14-18)24-12-6-17(7-13-24)16-3-9-21-10-4-16/h3-5,9-11,17-18,22H,1-2,6-8,12-15H2. The first kappa shape index (κ1) is 17.2. The lowest BCUT2D eigenvalue weighted by atomic mass is 9.90. The van der Waals surface area contributed by atoms with Crippen LogP contribution in [0.15, 0.2) is 36.8 Å². The van der Waals surface area contributed by atoms with Crippen LogP contribution in [0, 0.1) is 0 Å². The normalized spacial score (nSPS) is 21.7. The SMILES string of the molecule is O=C(Cn1nccc1C1CCCNC1)N1CCC(c2ccncc2)CC1. The van der Waals surface area contributed by atoms with Gasteiger partial charge in [0.05, 0.1) is 0 Å². The Morgan fingerprint density at radius 3 is 2.62 bits per heavy atom. The molecule has 0 saturated carbocycles. The highest BCUT2D eigenvalue weighted by molar-refractivity contribution is 5.76. The van der Waals surface area contributed by atoms with Gasteiger partial charge >= 0.3 is 0 Å². The van der Waals surface area contributed by atoms with E-state index >= 15 is 0 Å². The molecule has 1 atom stereocenters. The number of hydrogen-bond acceptors (Lipinski definition) is 4. The van der Waals surface area contributed by atoms with E-state index in [0.29, 0.717) is 18.4 Å². The third kappa shape index (κ3) is 3.80. The maximum atomic E-state index is 12.8. The maximum Gasteiger partial charge on any atom is 0.244 e. The van der Waals surface area contributed by atoms with Crippen LogP contribution in [0.4, 0.5) is 0 Å². The molecule has 26 heavy (non-hydrogen) atoms. The molecule has 2 fully saturated rings. The first-order valence-corrected chi connectivity index (χ1v) is 9.71. The molecule has 1 unspecified atom stereocenters. The highest BCUT2D eigenvalue weighted by Gasteiger charge is 2.25. The van der Waals surface area contributed by atoms with Gasteiger partial charge in [-0.3, -0.25) is 14.5 Å². The number of hydrogen-bond donors (Lipinski definition) is 1. The van der Waals surface area contributed by atoms with Gasteiger partial charge in [-0.15, -0.1) is 0 Å². The second-order valence-electron chi connectivity index (χ2n) is 7.39. The highest BCUT2D eigenvalue weighted by atomic mass is 16.2. The number of nitrogens with one attached hydrogen (secondary N) is 1. The molecule has 1 amide bonds. The number of amides is 1. The van der Waals surface area contributed by atoms with Crippen molar-refractivity contribution in [1.29, 1.82) is 0 Å². The third-order valence-electron chi connectivity index (χ3n) is 5.77. The molecule has 2 aromatic rings. The lowest BCUT2D eigenvalue weighted by Crippen LogP contribution is -2.40. The number of rotatable bonds is 4. The molecular formula is C20H27N5O. The quantitative estimate of drug-likeness (QED) is 0.915. The molecule has 2 aliphatic rings. The molecule has 0 bridgehead atoms. The van der Waals surface area contributed by atoms with E-state index in [-0.39, 0.29) is 5.91 Å². The number of piperidine rings is 2.